The molecule has 0 fully saturated rings. The van der Waals surface area contributed by atoms with Gasteiger partial charge in [0.05, 0.1) is 0 Å². The lowest BCUT2D eigenvalue weighted by Crippen LogP contribution is -2.16. The third-order valence-corrected chi connectivity index (χ3v) is 5.33. The zero-order valence-electron chi connectivity index (χ0n) is 11.8. The van der Waals surface area contributed by atoms with Crippen LogP contribution < -0.4 is 0 Å². The highest BCUT2D eigenvalue weighted by Gasteiger charge is 2.24. The van der Waals surface area contributed by atoms with Crippen LogP contribution in [0.25, 0.3) is 0 Å². The van der Waals surface area contributed by atoms with Crippen molar-refractivity contribution >= 4 is 11.8 Å². The standard InChI is InChI=1S/C18H19FOS/c19-16-6-3-4-13(9-16)8-14(12-20)10-17-11-15-5-1-2-7-18(15)21-17/h1-7,9,14,17,20H,8,10-12H2. The minimum Gasteiger partial charge on any atom is -0.396 e. The molecule has 3 heteroatoms. The smallest absolute Gasteiger partial charge is 0.123 e. The Balaban J connectivity index is 1.61. The predicted molar refractivity (Wildman–Crippen MR) is 85.1 cm³/mol. The number of aliphatic hydroxyl groups is 1. The molecule has 0 aliphatic carbocycles. The lowest BCUT2D eigenvalue weighted by atomic mass is 9.93. The fourth-order valence-electron chi connectivity index (χ4n) is 2.98. The summed E-state index contributed by atoms with van der Waals surface area (Å²) in [6.45, 7) is 0.157. The van der Waals surface area contributed by atoms with Gasteiger partial charge in [0, 0.05) is 16.8 Å². The van der Waals surface area contributed by atoms with E-state index in [-0.39, 0.29) is 18.3 Å². The van der Waals surface area contributed by atoms with Crippen LogP contribution in [0.15, 0.2) is 53.4 Å². The number of benzene rings is 2. The molecule has 0 saturated heterocycles. The minimum atomic E-state index is -0.202. The van der Waals surface area contributed by atoms with E-state index in [1.807, 2.05) is 17.8 Å². The lowest BCUT2D eigenvalue weighted by molar-refractivity contribution is 0.217. The van der Waals surface area contributed by atoms with Crippen molar-refractivity contribution in [3.05, 3.63) is 65.5 Å². The van der Waals surface area contributed by atoms with Crippen LogP contribution in [0.5, 0.6) is 0 Å². The Morgan fingerprint density at radius 2 is 2.05 bits per heavy atom. The van der Waals surface area contributed by atoms with Crippen LogP contribution in [0.4, 0.5) is 4.39 Å². The van der Waals surface area contributed by atoms with E-state index >= 15 is 0 Å². The summed E-state index contributed by atoms with van der Waals surface area (Å²) in [5.41, 5.74) is 2.38. The van der Waals surface area contributed by atoms with Crippen molar-refractivity contribution < 1.29 is 9.50 Å². The first kappa shape index (κ1) is 14.6. The Hall–Kier alpha value is -1.32. The Bertz CT molecular complexity index is 589. The van der Waals surface area contributed by atoms with Crippen molar-refractivity contribution in [3.8, 4) is 0 Å². The molecule has 1 aliphatic rings. The Morgan fingerprint density at radius 1 is 1.19 bits per heavy atom. The first-order valence-corrected chi connectivity index (χ1v) is 8.22. The van der Waals surface area contributed by atoms with Crippen LogP contribution in [-0.4, -0.2) is 17.0 Å². The van der Waals surface area contributed by atoms with E-state index in [4.69, 9.17) is 0 Å². The second-order valence-electron chi connectivity index (χ2n) is 5.67. The molecule has 0 aromatic heterocycles. The fourth-order valence-corrected chi connectivity index (χ4v) is 4.43. The highest BCUT2D eigenvalue weighted by Crippen LogP contribution is 2.39. The molecular weight excluding hydrogens is 283 g/mol. The molecular formula is C18H19FOS. The van der Waals surface area contributed by atoms with Crippen LogP contribution in [-0.2, 0) is 12.8 Å². The fraction of sp³-hybridized carbons (Fsp3) is 0.333. The molecule has 0 radical (unpaired) electrons. The average molecular weight is 302 g/mol. The number of hydrogen-bond acceptors (Lipinski definition) is 2. The van der Waals surface area contributed by atoms with Crippen LogP contribution >= 0.6 is 11.8 Å². The van der Waals surface area contributed by atoms with Gasteiger partial charge in [0.1, 0.15) is 5.82 Å². The van der Waals surface area contributed by atoms with Crippen LogP contribution in [0.3, 0.4) is 0 Å². The van der Waals surface area contributed by atoms with Gasteiger partial charge in [0.2, 0.25) is 0 Å². The molecule has 2 atom stereocenters. The first-order valence-electron chi connectivity index (χ1n) is 7.34. The van der Waals surface area contributed by atoms with Crippen molar-refractivity contribution in [2.75, 3.05) is 6.61 Å². The van der Waals surface area contributed by atoms with Gasteiger partial charge in [-0.25, -0.2) is 4.39 Å². The van der Waals surface area contributed by atoms with E-state index in [9.17, 15) is 9.50 Å². The first-order chi connectivity index (χ1) is 10.2. The van der Waals surface area contributed by atoms with Crippen LogP contribution in [0, 0.1) is 11.7 Å². The quantitative estimate of drug-likeness (QED) is 0.898. The van der Waals surface area contributed by atoms with Crippen LogP contribution in [0.1, 0.15) is 17.5 Å². The van der Waals surface area contributed by atoms with Crippen molar-refractivity contribution in [2.45, 2.75) is 29.4 Å². The average Bonchev–Trinajstić information content (AvgIpc) is 2.89. The summed E-state index contributed by atoms with van der Waals surface area (Å²) in [5.74, 6) is -0.00884. The summed E-state index contributed by atoms with van der Waals surface area (Å²) in [6, 6.07) is 15.2. The molecule has 1 aliphatic heterocycles. The summed E-state index contributed by atoms with van der Waals surface area (Å²) in [5, 5.41) is 10.2. The predicted octanol–water partition coefficient (Wildman–Crippen LogP) is 4.08. The molecule has 1 N–H and O–H groups in total. The molecule has 3 rings (SSSR count). The number of thioether (sulfide) groups is 1. The molecule has 2 aromatic carbocycles. The Morgan fingerprint density at radius 3 is 2.81 bits per heavy atom. The summed E-state index contributed by atoms with van der Waals surface area (Å²) in [6.07, 6.45) is 2.77. The zero-order chi connectivity index (χ0) is 14.7. The number of halogens is 1. The van der Waals surface area contributed by atoms with E-state index in [2.05, 4.69) is 24.3 Å². The van der Waals surface area contributed by atoms with Gasteiger partial charge >= 0.3 is 0 Å². The highest BCUT2D eigenvalue weighted by atomic mass is 32.2. The number of aliphatic hydroxyl groups excluding tert-OH is 1. The van der Waals surface area contributed by atoms with Gasteiger partial charge < -0.3 is 5.11 Å². The molecule has 0 amide bonds. The number of hydrogen-bond donors (Lipinski definition) is 1. The molecule has 1 nitrogen and oxygen atoms in total. The van der Waals surface area contributed by atoms with Crippen molar-refractivity contribution in [1.82, 2.24) is 0 Å². The maximum absolute atomic E-state index is 13.2. The van der Waals surface area contributed by atoms with Gasteiger partial charge in [-0.05, 0) is 54.5 Å². The molecule has 110 valence electrons. The topological polar surface area (TPSA) is 20.2 Å². The minimum absolute atomic E-state index is 0.157. The normalized spacial score (nSPS) is 18.5. The van der Waals surface area contributed by atoms with Crippen LogP contribution in [0.2, 0.25) is 0 Å². The number of fused-ring (bicyclic) bond motifs is 1. The SMILES string of the molecule is OCC(Cc1cccc(F)c1)CC1Cc2ccccc2S1. The van der Waals surface area contributed by atoms with E-state index in [1.165, 1.54) is 16.5 Å². The van der Waals surface area contributed by atoms with Crippen molar-refractivity contribution in [2.24, 2.45) is 5.92 Å². The monoisotopic (exact) mass is 302 g/mol. The highest BCUT2D eigenvalue weighted by molar-refractivity contribution is 8.00. The maximum atomic E-state index is 13.2. The van der Waals surface area contributed by atoms with Crippen molar-refractivity contribution in [1.29, 1.82) is 0 Å². The molecule has 0 spiro atoms. The van der Waals surface area contributed by atoms with Gasteiger partial charge in [0.25, 0.3) is 0 Å². The third kappa shape index (κ3) is 3.66. The second-order valence-corrected chi connectivity index (χ2v) is 7.01. The third-order valence-electron chi connectivity index (χ3n) is 3.98. The molecule has 0 saturated carbocycles. The molecule has 1 heterocycles. The van der Waals surface area contributed by atoms with Gasteiger partial charge in [-0.3, -0.25) is 0 Å². The molecule has 2 unspecified atom stereocenters. The zero-order valence-corrected chi connectivity index (χ0v) is 12.7. The number of rotatable bonds is 5. The summed E-state index contributed by atoms with van der Waals surface area (Å²) in [4.78, 5) is 1.37. The summed E-state index contributed by atoms with van der Waals surface area (Å²) < 4.78 is 13.2. The lowest BCUT2D eigenvalue weighted by Gasteiger charge is -2.18. The molecule has 0 bridgehead atoms. The summed E-state index contributed by atoms with van der Waals surface area (Å²) in [7, 11) is 0. The van der Waals surface area contributed by atoms with E-state index in [0.29, 0.717) is 5.25 Å². The van der Waals surface area contributed by atoms with E-state index in [0.717, 1.165) is 24.8 Å². The van der Waals surface area contributed by atoms with Gasteiger partial charge in [-0.15, -0.1) is 11.8 Å². The largest absolute Gasteiger partial charge is 0.396 e. The van der Waals surface area contributed by atoms with E-state index < -0.39 is 0 Å². The maximum Gasteiger partial charge on any atom is 0.123 e. The Kier molecular flexibility index (Phi) is 4.61. The van der Waals surface area contributed by atoms with Crippen molar-refractivity contribution in [3.63, 3.8) is 0 Å². The van der Waals surface area contributed by atoms with E-state index in [1.54, 1.807) is 12.1 Å². The molecule has 2 aromatic rings. The van der Waals surface area contributed by atoms with Gasteiger partial charge in [0.15, 0.2) is 0 Å². The molecule has 21 heavy (non-hydrogen) atoms. The summed E-state index contributed by atoms with van der Waals surface area (Å²) >= 11 is 1.91. The van der Waals surface area contributed by atoms with Gasteiger partial charge in [-0.2, -0.15) is 0 Å². The Labute approximate surface area is 129 Å². The second kappa shape index (κ2) is 6.63. The van der Waals surface area contributed by atoms with Gasteiger partial charge in [-0.1, -0.05) is 30.3 Å².